The molecule has 0 spiro atoms. The van der Waals surface area contributed by atoms with Crippen LogP contribution in [0.3, 0.4) is 0 Å². The van der Waals surface area contributed by atoms with Crippen LogP contribution in [0.15, 0.2) is 0 Å². The van der Waals surface area contributed by atoms with Gasteiger partial charge in [0, 0.05) is 13.0 Å². The molecule has 2 N–H and O–H groups in total. The zero-order chi connectivity index (χ0) is 11.3. The molecule has 0 aromatic heterocycles. The Morgan fingerprint density at radius 3 is 2.40 bits per heavy atom. The van der Waals surface area contributed by atoms with Gasteiger partial charge < -0.3 is 10.5 Å². The normalized spacial score (nSPS) is 26.9. The summed E-state index contributed by atoms with van der Waals surface area (Å²) in [5, 5.41) is 0. The second kappa shape index (κ2) is 6.11. The van der Waals surface area contributed by atoms with E-state index in [-0.39, 0.29) is 5.91 Å². The summed E-state index contributed by atoms with van der Waals surface area (Å²) in [5.41, 5.74) is 5.19. The van der Waals surface area contributed by atoms with E-state index in [1.54, 1.807) is 0 Å². The van der Waals surface area contributed by atoms with E-state index >= 15 is 0 Å². The van der Waals surface area contributed by atoms with Crippen LogP contribution in [-0.2, 0) is 9.53 Å². The van der Waals surface area contributed by atoms with Crippen LogP contribution in [-0.4, -0.2) is 18.6 Å². The molecule has 1 aliphatic rings. The molecule has 0 aromatic carbocycles. The van der Waals surface area contributed by atoms with Crippen LogP contribution in [0, 0.1) is 11.8 Å². The van der Waals surface area contributed by atoms with Crippen molar-refractivity contribution in [3.05, 3.63) is 0 Å². The Morgan fingerprint density at radius 1 is 1.33 bits per heavy atom. The third kappa shape index (κ3) is 5.17. The highest BCUT2D eigenvalue weighted by molar-refractivity contribution is 5.73. The highest BCUT2D eigenvalue weighted by atomic mass is 16.5. The molecule has 15 heavy (non-hydrogen) atoms. The van der Waals surface area contributed by atoms with Crippen LogP contribution >= 0.6 is 0 Å². The van der Waals surface area contributed by atoms with Crippen molar-refractivity contribution in [2.24, 2.45) is 17.6 Å². The summed E-state index contributed by atoms with van der Waals surface area (Å²) in [7, 11) is 0. The quantitative estimate of drug-likeness (QED) is 0.760. The Bertz CT molecular complexity index is 196. The first kappa shape index (κ1) is 12.5. The van der Waals surface area contributed by atoms with Crippen molar-refractivity contribution in [1.82, 2.24) is 0 Å². The maximum Gasteiger partial charge on any atom is 0.217 e. The summed E-state index contributed by atoms with van der Waals surface area (Å²) < 4.78 is 5.78. The van der Waals surface area contributed by atoms with Gasteiger partial charge in [0.25, 0.3) is 0 Å². The Balaban J connectivity index is 2.15. The van der Waals surface area contributed by atoms with Crippen LogP contribution in [0.5, 0.6) is 0 Å². The largest absolute Gasteiger partial charge is 0.378 e. The summed E-state index contributed by atoms with van der Waals surface area (Å²) >= 11 is 0. The van der Waals surface area contributed by atoms with Crippen LogP contribution in [0.2, 0.25) is 0 Å². The molecule has 88 valence electrons. The molecule has 0 aliphatic heterocycles. The minimum Gasteiger partial charge on any atom is -0.378 e. The lowest BCUT2D eigenvalue weighted by atomic mass is 9.85. The second-order valence-corrected chi connectivity index (χ2v) is 5.04. The monoisotopic (exact) mass is 213 g/mol. The van der Waals surface area contributed by atoms with Gasteiger partial charge in [-0.1, -0.05) is 13.8 Å². The molecular formula is C12H23NO2. The molecular weight excluding hydrogens is 190 g/mol. The van der Waals surface area contributed by atoms with Gasteiger partial charge in [-0.2, -0.15) is 0 Å². The average molecular weight is 213 g/mol. The molecule has 0 radical (unpaired) electrons. The van der Waals surface area contributed by atoms with Crippen molar-refractivity contribution in [2.75, 3.05) is 6.61 Å². The van der Waals surface area contributed by atoms with E-state index in [4.69, 9.17) is 10.5 Å². The van der Waals surface area contributed by atoms with Crippen LogP contribution < -0.4 is 5.73 Å². The summed E-state index contributed by atoms with van der Waals surface area (Å²) in [5.74, 6) is 0.941. The number of primary amides is 1. The standard InChI is InChI=1S/C12H23NO2/c1-9(2)8-15-11-5-3-10(4-6-11)7-12(13)14/h9-11H,3-8H2,1-2H3,(H2,13,14). The molecule has 0 aromatic rings. The summed E-state index contributed by atoms with van der Waals surface area (Å²) in [4.78, 5) is 10.8. The molecule has 1 saturated carbocycles. The second-order valence-electron chi connectivity index (χ2n) is 5.04. The van der Waals surface area contributed by atoms with Gasteiger partial charge in [0.2, 0.25) is 5.91 Å². The Kier molecular flexibility index (Phi) is 5.09. The number of hydrogen-bond donors (Lipinski definition) is 1. The lowest BCUT2D eigenvalue weighted by Gasteiger charge is -2.28. The zero-order valence-corrected chi connectivity index (χ0v) is 9.87. The maximum absolute atomic E-state index is 10.8. The van der Waals surface area contributed by atoms with E-state index in [2.05, 4.69) is 13.8 Å². The lowest BCUT2D eigenvalue weighted by Crippen LogP contribution is -2.26. The third-order valence-electron chi connectivity index (χ3n) is 2.95. The Labute approximate surface area is 92.4 Å². The molecule has 1 fully saturated rings. The number of hydrogen-bond acceptors (Lipinski definition) is 2. The molecule has 0 atom stereocenters. The molecule has 3 heteroatoms. The number of carbonyl (C=O) groups excluding carboxylic acids is 1. The first-order valence-electron chi connectivity index (χ1n) is 5.97. The van der Waals surface area contributed by atoms with Crippen molar-refractivity contribution in [3.8, 4) is 0 Å². The van der Waals surface area contributed by atoms with Gasteiger partial charge in [-0.05, 0) is 37.5 Å². The van der Waals surface area contributed by atoms with Gasteiger partial charge in [-0.3, -0.25) is 4.79 Å². The van der Waals surface area contributed by atoms with Crippen molar-refractivity contribution < 1.29 is 9.53 Å². The van der Waals surface area contributed by atoms with Crippen LogP contribution in [0.1, 0.15) is 46.0 Å². The van der Waals surface area contributed by atoms with Gasteiger partial charge in [-0.15, -0.1) is 0 Å². The fourth-order valence-corrected chi connectivity index (χ4v) is 2.12. The number of nitrogens with two attached hydrogens (primary N) is 1. The molecule has 0 heterocycles. The van der Waals surface area contributed by atoms with Crippen molar-refractivity contribution >= 4 is 5.91 Å². The zero-order valence-electron chi connectivity index (χ0n) is 9.87. The van der Waals surface area contributed by atoms with Gasteiger partial charge in [0.15, 0.2) is 0 Å². The van der Waals surface area contributed by atoms with E-state index in [0.29, 0.717) is 24.4 Å². The van der Waals surface area contributed by atoms with E-state index in [9.17, 15) is 4.79 Å². The SMILES string of the molecule is CC(C)COC1CCC(CC(N)=O)CC1. The van der Waals surface area contributed by atoms with Gasteiger partial charge in [0.1, 0.15) is 0 Å². The molecule has 1 amide bonds. The fraction of sp³-hybridized carbons (Fsp3) is 0.917. The number of ether oxygens (including phenoxy) is 1. The summed E-state index contributed by atoms with van der Waals surface area (Å²) in [6.45, 7) is 5.18. The Morgan fingerprint density at radius 2 is 1.93 bits per heavy atom. The first-order chi connectivity index (χ1) is 7.08. The number of carbonyl (C=O) groups is 1. The predicted octanol–water partition coefficient (Wildman–Crippen LogP) is 2.09. The minimum atomic E-state index is -0.165. The smallest absolute Gasteiger partial charge is 0.217 e. The Hall–Kier alpha value is -0.570. The molecule has 1 rings (SSSR count). The first-order valence-corrected chi connectivity index (χ1v) is 5.97. The van der Waals surface area contributed by atoms with E-state index < -0.39 is 0 Å². The van der Waals surface area contributed by atoms with Crippen LogP contribution in [0.25, 0.3) is 0 Å². The van der Waals surface area contributed by atoms with Gasteiger partial charge >= 0.3 is 0 Å². The van der Waals surface area contributed by atoms with Gasteiger partial charge in [-0.25, -0.2) is 0 Å². The molecule has 0 unspecified atom stereocenters. The fourth-order valence-electron chi connectivity index (χ4n) is 2.12. The summed E-state index contributed by atoms with van der Waals surface area (Å²) in [6.07, 6.45) is 5.32. The average Bonchev–Trinajstić information content (AvgIpc) is 2.16. The lowest BCUT2D eigenvalue weighted by molar-refractivity contribution is -0.119. The minimum absolute atomic E-state index is 0.165. The van der Waals surface area contributed by atoms with Gasteiger partial charge in [0.05, 0.1) is 6.10 Å². The third-order valence-corrected chi connectivity index (χ3v) is 2.95. The topological polar surface area (TPSA) is 52.3 Å². The maximum atomic E-state index is 10.8. The van der Waals surface area contributed by atoms with E-state index in [1.165, 1.54) is 0 Å². The molecule has 0 saturated heterocycles. The molecule has 1 aliphatic carbocycles. The summed E-state index contributed by atoms with van der Waals surface area (Å²) in [6, 6.07) is 0. The van der Waals surface area contributed by atoms with Crippen molar-refractivity contribution in [2.45, 2.75) is 52.1 Å². The predicted molar refractivity (Wildman–Crippen MR) is 60.3 cm³/mol. The van der Waals surface area contributed by atoms with E-state index in [1.807, 2.05) is 0 Å². The highest BCUT2D eigenvalue weighted by Gasteiger charge is 2.22. The number of amides is 1. The van der Waals surface area contributed by atoms with E-state index in [0.717, 1.165) is 32.3 Å². The van der Waals surface area contributed by atoms with Crippen molar-refractivity contribution in [1.29, 1.82) is 0 Å². The van der Waals surface area contributed by atoms with Crippen LogP contribution in [0.4, 0.5) is 0 Å². The molecule has 3 nitrogen and oxygen atoms in total. The van der Waals surface area contributed by atoms with Crippen molar-refractivity contribution in [3.63, 3.8) is 0 Å². The number of rotatable bonds is 5. The highest BCUT2D eigenvalue weighted by Crippen LogP contribution is 2.28. The molecule has 0 bridgehead atoms.